The monoisotopic (exact) mass is 238 g/mol. The molecule has 1 atom stereocenters. The molecule has 0 amide bonds. The summed E-state index contributed by atoms with van der Waals surface area (Å²) in [5.74, 6) is -0.245. The fourth-order valence-corrected chi connectivity index (χ4v) is 0.391. The molecule has 5 nitrogen and oxygen atoms in total. The van der Waals surface area contributed by atoms with Gasteiger partial charge in [0.2, 0.25) is 0 Å². The van der Waals surface area contributed by atoms with Crippen LogP contribution in [-0.2, 0) is 14.3 Å². The maximum Gasteiger partial charge on any atom is 0.302 e. The maximum absolute atomic E-state index is 9.59. The van der Waals surface area contributed by atoms with E-state index in [1.807, 2.05) is 13.8 Å². The van der Waals surface area contributed by atoms with Crippen molar-refractivity contribution in [2.75, 3.05) is 26.9 Å². The van der Waals surface area contributed by atoms with Gasteiger partial charge in [0.1, 0.15) is 0 Å². The summed E-state index contributed by atoms with van der Waals surface area (Å²) < 4.78 is 8.94. The molecule has 16 heavy (non-hydrogen) atoms. The predicted octanol–water partition coefficient (Wildman–Crippen LogP) is 0.972. The van der Waals surface area contributed by atoms with Crippen molar-refractivity contribution in [3.05, 3.63) is 0 Å². The third kappa shape index (κ3) is 50.5. The number of aliphatic hydroxyl groups is 2. The lowest BCUT2D eigenvalue weighted by molar-refractivity contribution is -0.137. The number of hydrogen-bond acceptors (Lipinski definition) is 5. The Morgan fingerprint density at radius 3 is 1.69 bits per heavy atom. The molecule has 0 aromatic heterocycles. The van der Waals surface area contributed by atoms with E-state index in [1.165, 1.54) is 14.0 Å². The smallest absolute Gasteiger partial charge is 0.302 e. The second-order valence-corrected chi connectivity index (χ2v) is 2.84. The van der Waals surface area contributed by atoms with Crippen molar-refractivity contribution in [2.45, 2.75) is 40.2 Å². The molecule has 0 saturated heterocycles. The summed E-state index contributed by atoms with van der Waals surface area (Å²) in [5, 5.41) is 16.5. The van der Waals surface area contributed by atoms with E-state index >= 15 is 0 Å². The molecule has 0 saturated carbocycles. The van der Waals surface area contributed by atoms with Crippen LogP contribution >= 0.6 is 0 Å². The van der Waals surface area contributed by atoms with E-state index in [-0.39, 0.29) is 18.7 Å². The molecule has 0 heterocycles. The van der Waals surface area contributed by atoms with E-state index in [0.29, 0.717) is 6.42 Å². The zero-order valence-electron chi connectivity index (χ0n) is 11.0. The van der Waals surface area contributed by atoms with Crippen LogP contribution in [-0.4, -0.2) is 49.2 Å². The third-order valence-electron chi connectivity index (χ3n) is 1.24. The van der Waals surface area contributed by atoms with Gasteiger partial charge in [-0.1, -0.05) is 0 Å². The minimum absolute atomic E-state index is 0.0810. The molecule has 0 spiro atoms. The van der Waals surface area contributed by atoms with Gasteiger partial charge < -0.3 is 19.7 Å². The Morgan fingerprint density at radius 2 is 1.69 bits per heavy atom. The van der Waals surface area contributed by atoms with Gasteiger partial charge >= 0.3 is 5.97 Å². The number of ether oxygens (including phenoxy) is 2. The van der Waals surface area contributed by atoms with E-state index in [2.05, 4.69) is 4.74 Å². The van der Waals surface area contributed by atoms with Gasteiger partial charge in [-0.2, -0.15) is 0 Å². The van der Waals surface area contributed by atoms with E-state index in [9.17, 15) is 4.79 Å². The number of hydrogen-bond donors (Lipinski definition) is 2. The first-order valence-electron chi connectivity index (χ1n) is 5.37. The van der Waals surface area contributed by atoms with E-state index in [1.54, 1.807) is 6.92 Å². The second kappa shape index (κ2) is 19.9. The number of methoxy groups -OCH3 is 1. The summed E-state index contributed by atoms with van der Waals surface area (Å²) in [5.41, 5.74) is 0. The van der Waals surface area contributed by atoms with Crippen molar-refractivity contribution < 1.29 is 24.5 Å². The highest BCUT2D eigenvalue weighted by Gasteiger charge is 1.88. The highest BCUT2D eigenvalue weighted by Crippen LogP contribution is 1.83. The molecule has 0 aliphatic rings. The highest BCUT2D eigenvalue weighted by atomic mass is 16.5. The lowest BCUT2D eigenvalue weighted by Crippen LogP contribution is -2.00. The quantitative estimate of drug-likeness (QED) is 0.714. The molecule has 0 aliphatic heterocycles. The number of rotatable bonds is 4. The van der Waals surface area contributed by atoms with Crippen LogP contribution in [0.5, 0.6) is 0 Å². The molecular weight excluding hydrogens is 212 g/mol. The van der Waals surface area contributed by atoms with Crippen LogP contribution in [0.1, 0.15) is 34.1 Å². The zero-order valence-corrected chi connectivity index (χ0v) is 11.0. The van der Waals surface area contributed by atoms with Crippen molar-refractivity contribution in [3.8, 4) is 0 Å². The molecule has 1 unspecified atom stereocenters. The molecule has 0 aromatic carbocycles. The number of carbonyl (C=O) groups excluding carboxylic acids is 1. The highest BCUT2D eigenvalue weighted by molar-refractivity contribution is 5.65. The molecule has 0 fully saturated rings. The largest absolute Gasteiger partial charge is 0.469 e. The molecule has 100 valence electrons. The normalized spacial score (nSPS) is 10.2. The van der Waals surface area contributed by atoms with Crippen LogP contribution in [0.3, 0.4) is 0 Å². The number of aliphatic hydroxyl groups excluding tert-OH is 2. The fraction of sp³-hybridized carbons (Fsp3) is 0.909. The molecule has 2 N–H and O–H groups in total. The Morgan fingerprint density at radius 1 is 1.31 bits per heavy atom. The van der Waals surface area contributed by atoms with Crippen molar-refractivity contribution >= 4 is 5.97 Å². The van der Waals surface area contributed by atoms with Crippen molar-refractivity contribution in [1.29, 1.82) is 0 Å². The molecule has 0 bridgehead atoms. The Bertz CT molecular complexity index is 124. The Hall–Kier alpha value is -0.650. The first-order valence-corrected chi connectivity index (χ1v) is 5.37. The molecule has 0 radical (unpaired) electrons. The van der Waals surface area contributed by atoms with E-state index in [4.69, 9.17) is 14.9 Å². The zero-order chi connectivity index (χ0) is 13.4. The minimum atomic E-state index is -0.352. The van der Waals surface area contributed by atoms with E-state index < -0.39 is 0 Å². The van der Waals surface area contributed by atoms with Crippen LogP contribution in [0, 0.1) is 0 Å². The van der Waals surface area contributed by atoms with Gasteiger partial charge in [-0.05, 0) is 27.2 Å². The predicted molar refractivity (Wildman–Crippen MR) is 63.2 cm³/mol. The Kier molecular flexibility index (Phi) is 25.7. The van der Waals surface area contributed by atoms with Gasteiger partial charge in [-0.15, -0.1) is 0 Å². The summed E-state index contributed by atoms with van der Waals surface area (Å²) in [4.78, 5) is 9.59. The molecule has 5 heteroatoms. The van der Waals surface area contributed by atoms with Gasteiger partial charge in [0.15, 0.2) is 0 Å². The second-order valence-electron chi connectivity index (χ2n) is 2.84. The molecule has 0 aromatic rings. The number of esters is 1. The molecular formula is C11H26O5. The minimum Gasteiger partial charge on any atom is -0.469 e. The average Bonchev–Trinajstić information content (AvgIpc) is 2.20. The topological polar surface area (TPSA) is 76.0 Å². The maximum atomic E-state index is 9.59. The third-order valence-corrected chi connectivity index (χ3v) is 1.24. The first-order chi connectivity index (χ1) is 7.45. The standard InChI is InChI=1S/C4H10O2.C4H10O.C3H6O2/c1-4(6)2-3-5;1-3-5-4-2;1-3(4)5-2/h4-6H,2-3H2,1H3;3-4H2,1-2H3;1-2H3. The SMILES string of the molecule is CC(O)CCO.CCOCC.COC(C)=O. The van der Waals surface area contributed by atoms with Gasteiger partial charge in [0, 0.05) is 26.7 Å². The van der Waals surface area contributed by atoms with E-state index in [0.717, 1.165) is 13.2 Å². The van der Waals surface area contributed by atoms with Gasteiger partial charge in [0.05, 0.1) is 13.2 Å². The number of carbonyl (C=O) groups is 1. The van der Waals surface area contributed by atoms with Crippen molar-refractivity contribution in [1.82, 2.24) is 0 Å². The molecule has 0 rings (SSSR count). The van der Waals surface area contributed by atoms with Gasteiger partial charge in [-0.25, -0.2) is 0 Å². The van der Waals surface area contributed by atoms with Gasteiger partial charge in [0.25, 0.3) is 0 Å². The Balaban J connectivity index is -0.000000160. The summed E-state index contributed by atoms with van der Waals surface area (Å²) in [6.45, 7) is 8.76. The lowest BCUT2D eigenvalue weighted by Gasteiger charge is -1.95. The van der Waals surface area contributed by atoms with Crippen LogP contribution in [0.25, 0.3) is 0 Å². The molecule has 0 aliphatic carbocycles. The fourth-order valence-electron chi connectivity index (χ4n) is 0.391. The van der Waals surface area contributed by atoms with Crippen molar-refractivity contribution in [2.24, 2.45) is 0 Å². The Labute approximate surface area is 98.4 Å². The van der Waals surface area contributed by atoms with Crippen LogP contribution in [0.4, 0.5) is 0 Å². The summed E-state index contributed by atoms with van der Waals surface area (Å²) in [6.07, 6.45) is 0.134. The van der Waals surface area contributed by atoms with Crippen LogP contribution in [0.15, 0.2) is 0 Å². The van der Waals surface area contributed by atoms with Crippen molar-refractivity contribution in [3.63, 3.8) is 0 Å². The first kappa shape index (κ1) is 20.7. The van der Waals surface area contributed by atoms with Crippen LogP contribution in [0.2, 0.25) is 0 Å². The lowest BCUT2D eigenvalue weighted by atomic mass is 10.3. The van der Waals surface area contributed by atoms with Crippen LogP contribution < -0.4 is 0 Å². The summed E-state index contributed by atoms with van der Waals surface area (Å²) >= 11 is 0. The summed E-state index contributed by atoms with van der Waals surface area (Å²) in [6, 6.07) is 0. The average molecular weight is 238 g/mol. The van der Waals surface area contributed by atoms with Gasteiger partial charge in [-0.3, -0.25) is 4.79 Å². The summed E-state index contributed by atoms with van der Waals surface area (Å²) in [7, 11) is 1.35.